The van der Waals surface area contributed by atoms with Crippen molar-refractivity contribution in [3.8, 4) is 23.0 Å². The fraction of sp³-hybridized carbons (Fsp3) is 0.385. The highest BCUT2D eigenvalue weighted by Gasteiger charge is 2.29. The molecule has 1 aliphatic rings. The van der Waals surface area contributed by atoms with Gasteiger partial charge in [-0.3, -0.25) is 9.79 Å². The van der Waals surface area contributed by atoms with E-state index >= 15 is 0 Å². The molecule has 0 aromatic heterocycles. The van der Waals surface area contributed by atoms with Crippen molar-refractivity contribution in [2.75, 3.05) is 28.4 Å². The fourth-order valence-corrected chi connectivity index (χ4v) is 3.92. The predicted octanol–water partition coefficient (Wildman–Crippen LogP) is 3.71. The number of Topliss-reactive ketones (excluding diaryl/α,β-unsaturated/α-hetero) is 1. The van der Waals surface area contributed by atoms with Crippen LogP contribution in [0.2, 0.25) is 0 Å². The van der Waals surface area contributed by atoms with Gasteiger partial charge < -0.3 is 25.1 Å². The Hall–Kier alpha value is -3.48. The molecule has 33 heavy (non-hydrogen) atoms. The largest absolute Gasteiger partial charge is 0.504 e. The topological polar surface area (TPSA) is 103 Å². The molecule has 1 atom stereocenters. The zero-order valence-electron chi connectivity index (χ0n) is 19.6. The van der Waals surface area contributed by atoms with Crippen LogP contribution in [-0.2, 0) is 17.6 Å². The monoisotopic (exact) mass is 452 g/mol. The zero-order chi connectivity index (χ0) is 24.0. The van der Waals surface area contributed by atoms with Crippen LogP contribution in [-0.4, -0.2) is 45.0 Å². The molecule has 0 aliphatic heterocycles. The average Bonchev–Trinajstić information content (AvgIpc) is 3.67. The zero-order valence-corrected chi connectivity index (χ0v) is 19.6. The number of benzene rings is 2. The van der Waals surface area contributed by atoms with Crippen LogP contribution in [0.1, 0.15) is 24.0 Å². The van der Waals surface area contributed by atoms with Gasteiger partial charge in [-0.25, -0.2) is 0 Å². The lowest BCUT2D eigenvalue weighted by atomic mass is 9.86. The molecule has 3 N–H and O–H groups in total. The molecule has 0 bridgehead atoms. The first kappa shape index (κ1) is 24.2. The third-order valence-corrected chi connectivity index (χ3v) is 5.92. The van der Waals surface area contributed by atoms with E-state index in [-0.39, 0.29) is 11.5 Å². The number of ether oxygens (including phenoxy) is 3. The maximum absolute atomic E-state index is 13.7. The number of phenols is 1. The van der Waals surface area contributed by atoms with Crippen molar-refractivity contribution in [2.24, 2.45) is 22.6 Å². The molecule has 0 heterocycles. The van der Waals surface area contributed by atoms with E-state index in [1.807, 2.05) is 18.2 Å². The molecule has 1 aliphatic carbocycles. The second kappa shape index (κ2) is 10.9. The average molecular weight is 453 g/mol. The van der Waals surface area contributed by atoms with Crippen LogP contribution in [0.25, 0.3) is 0 Å². The first-order valence-electron chi connectivity index (χ1n) is 11.0. The number of hydrogen-bond acceptors (Lipinski definition) is 7. The van der Waals surface area contributed by atoms with Crippen LogP contribution >= 0.6 is 0 Å². The normalized spacial score (nSPS) is 15.2. The van der Waals surface area contributed by atoms with Crippen molar-refractivity contribution in [3.05, 3.63) is 59.3 Å². The molecule has 0 spiro atoms. The number of aliphatic imine (C=N–C) groups is 1. The van der Waals surface area contributed by atoms with Crippen molar-refractivity contribution in [1.82, 2.24) is 0 Å². The molecule has 0 amide bonds. The Morgan fingerprint density at radius 3 is 2.45 bits per heavy atom. The van der Waals surface area contributed by atoms with Crippen molar-refractivity contribution < 1.29 is 24.1 Å². The second-order valence-electron chi connectivity index (χ2n) is 8.14. The number of nitrogens with zero attached hydrogens (tertiary/aromatic N) is 1. The summed E-state index contributed by atoms with van der Waals surface area (Å²) >= 11 is 0. The Bertz CT molecular complexity index is 1060. The van der Waals surface area contributed by atoms with Crippen LogP contribution in [0.4, 0.5) is 0 Å². The summed E-state index contributed by atoms with van der Waals surface area (Å²) in [6.07, 6.45) is 4.54. The van der Waals surface area contributed by atoms with Gasteiger partial charge >= 0.3 is 0 Å². The minimum Gasteiger partial charge on any atom is -0.504 e. The van der Waals surface area contributed by atoms with E-state index < -0.39 is 5.92 Å². The number of carbonyl (C=O) groups excluding carboxylic acids is 1. The molecular weight excluding hydrogens is 420 g/mol. The number of aromatic hydroxyl groups is 1. The maximum Gasteiger partial charge on any atom is 0.184 e. The van der Waals surface area contributed by atoms with Crippen molar-refractivity contribution >= 4 is 11.5 Å². The highest BCUT2D eigenvalue weighted by Crippen LogP contribution is 2.35. The van der Waals surface area contributed by atoms with Gasteiger partial charge in [-0.05, 0) is 60.9 Å². The number of para-hydroxylation sites is 1. The van der Waals surface area contributed by atoms with Crippen LogP contribution in [0.3, 0.4) is 0 Å². The summed E-state index contributed by atoms with van der Waals surface area (Å²) in [5, 5.41) is 10.2. The molecule has 3 rings (SSSR count). The SMILES string of the molecule is CN=C(C=C(N)C1CC1)C(=O)C(Cc1ccc(OC)cc1OC)Cc1cccc(O)c1OC. The molecule has 2 aromatic carbocycles. The van der Waals surface area contributed by atoms with Crippen LogP contribution < -0.4 is 19.9 Å². The van der Waals surface area contributed by atoms with Gasteiger partial charge in [0.2, 0.25) is 0 Å². The number of hydrogen-bond donors (Lipinski definition) is 2. The molecule has 1 saturated carbocycles. The fourth-order valence-electron chi connectivity index (χ4n) is 3.92. The molecular formula is C26H32N2O5. The maximum atomic E-state index is 13.7. The van der Waals surface area contributed by atoms with E-state index in [0.29, 0.717) is 47.4 Å². The smallest absolute Gasteiger partial charge is 0.184 e. The Morgan fingerprint density at radius 2 is 1.85 bits per heavy atom. The lowest BCUT2D eigenvalue weighted by Crippen LogP contribution is -2.27. The minimum absolute atomic E-state index is 0.0329. The Morgan fingerprint density at radius 1 is 1.12 bits per heavy atom. The van der Waals surface area contributed by atoms with Gasteiger partial charge in [0.25, 0.3) is 0 Å². The molecule has 1 fully saturated rings. The number of nitrogens with two attached hydrogens (primary N) is 1. The summed E-state index contributed by atoms with van der Waals surface area (Å²) < 4.78 is 16.3. The van der Waals surface area contributed by atoms with E-state index in [4.69, 9.17) is 19.9 Å². The summed E-state index contributed by atoms with van der Waals surface area (Å²) in [7, 11) is 6.28. The summed E-state index contributed by atoms with van der Waals surface area (Å²) in [6.45, 7) is 0. The van der Waals surface area contributed by atoms with Crippen molar-refractivity contribution in [3.63, 3.8) is 0 Å². The van der Waals surface area contributed by atoms with Crippen LogP contribution in [0, 0.1) is 11.8 Å². The number of allylic oxidation sites excluding steroid dienone is 2. The first-order valence-corrected chi connectivity index (χ1v) is 11.0. The lowest BCUT2D eigenvalue weighted by Gasteiger charge is -2.20. The number of ketones is 1. The first-order chi connectivity index (χ1) is 15.9. The van der Waals surface area contributed by atoms with E-state index in [2.05, 4.69) is 4.99 Å². The van der Waals surface area contributed by atoms with Gasteiger partial charge in [-0.2, -0.15) is 0 Å². The predicted molar refractivity (Wildman–Crippen MR) is 128 cm³/mol. The molecule has 0 saturated heterocycles. The molecule has 176 valence electrons. The third-order valence-electron chi connectivity index (χ3n) is 5.92. The van der Waals surface area contributed by atoms with E-state index in [1.54, 1.807) is 45.5 Å². The number of phenolic OH excluding ortho intramolecular Hbond substituents is 1. The molecule has 7 heteroatoms. The summed E-state index contributed by atoms with van der Waals surface area (Å²) in [6, 6.07) is 10.7. The number of rotatable bonds is 11. The van der Waals surface area contributed by atoms with Gasteiger partial charge in [-0.15, -0.1) is 0 Å². The number of methoxy groups -OCH3 is 3. The standard InChI is InChI=1S/C26H32N2O5/c1-28-22(15-21(27)16-8-9-16)25(30)19(13-18-6-5-7-23(29)26(18)33-4)12-17-10-11-20(31-2)14-24(17)32-3/h5-7,10-11,14-16,19,29H,8-9,12-13,27H2,1-4H3. The summed E-state index contributed by atoms with van der Waals surface area (Å²) in [5.41, 5.74) is 8.82. The number of carbonyl (C=O) groups is 1. The van der Waals surface area contributed by atoms with Gasteiger partial charge in [0.05, 0.1) is 21.3 Å². The van der Waals surface area contributed by atoms with Gasteiger partial charge in [-0.1, -0.05) is 18.2 Å². The van der Waals surface area contributed by atoms with Crippen molar-refractivity contribution in [1.29, 1.82) is 0 Å². The second-order valence-corrected chi connectivity index (χ2v) is 8.14. The highest BCUT2D eigenvalue weighted by atomic mass is 16.5. The Balaban J connectivity index is 1.98. The minimum atomic E-state index is -0.482. The van der Waals surface area contributed by atoms with Gasteiger partial charge in [0, 0.05) is 24.7 Å². The van der Waals surface area contributed by atoms with E-state index in [0.717, 1.165) is 24.0 Å². The van der Waals surface area contributed by atoms with E-state index in [9.17, 15) is 9.90 Å². The molecule has 7 nitrogen and oxygen atoms in total. The third kappa shape index (κ3) is 5.86. The lowest BCUT2D eigenvalue weighted by molar-refractivity contribution is -0.116. The van der Waals surface area contributed by atoms with Gasteiger partial charge in [0.1, 0.15) is 17.2 Å². The molecule has 1 unspecified atom stereocenters. The van der Waals surface area contributed by atoms with Gasteiger partial charge in [0.15, 0.2) is 17.3 Å². The molecule has 2 aromatic rings. The highest BCUT2D eigenvalue weighted by molar-refractivity contribution is 6.45. The van der Waals surface area contributed by atoms with Crippen molar-refractivity contribution in [2.45, 2.75) is 25.7 Å². The Labute approximate surface area is 194 Å². The summed E-state index contributed by atoms with van der Waals surface area (Å²) in [4.78, 5) is 17.9. The van der Waals surface area contributed by atoms with E-state index in [1.165, 1.54) is 7.11 Å². The van der Waals surface area contributed by atoms with Crippen LogP contribution in [0.5, 0.6) is 23.0 Å². The molecule has 0 radical (unpaired) electrons. The quantitative estimate of drug-likeness (QED) is 0.504. The van der Waals surface area contributed by atoms with Crippen LogP contribution in [0.15, 0.2) is 53.2 Å². The summed E-state index contributed by atoms with van der Waals surface area (Å²) in [5.74, 6) is 1.43. The Kier molecular flexibility index (Phi) is 7.98.